The van der Waals surface area contributed by atoms with Crippen LogP contribution in [-0.2, 0) is 13.1 Å². The summed E-state index contributed by atoms with van der Waals surface area (Å²) in [6.07, 6.45) is 2.09. The molecular weight excluding hydrogens is 400 g/mol. The molecule has 1 fully saturated rings. The molecule has 2 aromatic rings. The molecule has 32 heavy (non-hydrogen) atoms. The van der Waals surface area contributed by atoms with E-state index in [1.54, 1.807) is 7.05 Å². The Balaban J connectivity index is 1.51. The SMILES string of the molecule is CCN1CCN(c2ccc(CNC(=NC)NCc3ccc(C)cc3OC(C)C)cn2)CC1. The molecule has 3 rings (SSSR count). The second-order valence-corrected chi connectivity index (χ2v) is 8.50. The van der Waals surface area contributed by atoms with Crippen molar-refractivity contribution >= 4 is 11.8 Å². The molecule has 2 heterocycles. The summed E-state index contributed by atoms with van der Waals surface area (Å²) in [4.78, 5) is 13.9. The van der Waals surface area contributed by atoms with Gasteiger partial charge in [0.2, 0.25) is 0 Å². The zero-order chi connectivity index (χ0) is 22.9. The van der Waals surface area contributed by atoms with E-state index in [0.717, 1.165) is 61.4 Å². The van der Waals surface area contributed by atoms with E-state index in [-0.39, 0.29) is 6.10 Å². The third-order valence-electron chi connectivity index (χ3n) is 5.67. The number of aryl methyl sites for hydroxylation is 1. The number of ether oxygens (including phenoxy) is 1. The quantitative estimate of drug-likeness (QED) is 0.488. The van der Waals surface area contributed by atoms with Crippen molar-refractivity contribution < 1.29 is 4.74 Å². The van der Waals surface area contributed by atoms with E-state index in [1.807, 2.05) is 20.0 Å². The van der Waals surface area contributed by atoms with Crippen LogP contribution in [0.5, 0.6) is 5.75 Å². The van der Waals surface area contributed by atoms with Crippen molar-refractivity contribution in [1.29, 1.82) is 0 Å². The van der Waals surface area contributed by atoms with E-state index >= 15 is 0 Å². The average molecular weight is 439 g/mol. The maximum absolute atomic E-state index is 5.98. The van der Waals surface area contributed by atoms with Gasteiger partial charge in [0.05, 0.1) is 6.10 Å². The Labute approximate surface area is 192 Å². The Hall–Kier alpha value is -2.80. The van der Waals surface area contributed by atoms with Crippen LogP contribution < -0.4 is 20.3 Å². The van der Waals surface area contributed by atoms with Gasteiger partial charge in [0.1, 0.15) is 11.6 Å². The zero-order valence-electron chi connectivity index (χ0n) is 20.2. The van der Waals surface area contributed by atoms with Crippen molar-refractivity contribution in [2.75, 3.05) is 44.7 Å². The molecule has 1 aromatic carbocycles. The van der Waals surface area contributed by atoms with Crippen LogP contribution in [0.2, 0.25) is 0 Å². The topological polar surface area (TPSA) is 65.0 Å². The van der Waals surface area contributed by atoms with Gasteiger partial charge in [0, 0.05) is 58.1 Å². The molecule has 7 heteroatoms. The molecule has 1 aliphatic heterocycles. The summed E-state index contributed by atoms with van der Waals surface area (Å²) in [7, 11) is 1.79. The van der Waals surface area contributed by atoms with Crippen molar-refractivity contribution in [1.82, 2.24) is 20.5 Å². The summed E-state index contributed by atoms with van der Waals surface area (Å²) < 4.78 is 5.98. The molecule has 0 unspecified atom stereocenters. The number of hydrogen-bond acceptors (Lipinski definition) is 5. The normalized spacial score (nSPS) is 15.2. The third-order valence-corrected chi connectivity index (χ3v) is 5.67. The first-order valence-electron chi connectivity index (χ1n) is 11.6. The summed E-state index contributed by atoms with van der Waals surface area (Å²) in [6.45, 7) is 15.1. The van der Waals surface area contributed by atoms with E-state index in [0.29, 0.717) is 13.1 Å². The number of likely N-dealkylation sites (N-methyl/N-ethyl adjacent to an activating group) is 1. The van der Waals surface area contributed by atoms with Crippen molar-refractivity contribution in [2.24, 2.45) is 4.99 Å². The van der Waals surface area contributed by atoms with Gasteiger partial charge in [-0.15, -0.1) is 0 Å². The van der Waals surface area contributed by atoms with Crippen LogP contribution in [0.15, 0.2) is 41.5 Å². The summed E-state index contributed by atoms with van der Waals surface area (Å²) in [5.41, 5.74) is 3.43. The van der Waals surface area contributed by atoms with Crippen LogP contribution in [0.1, 0.15) is 37.5 Å². The van der Waals surface area contributed by atoms with Crippen LogP contribution in [0.25, 0.3) is 0 Å². The zero-order valence-corrected chi connectivity index (χ0v) is 20.2. The Morgan fingerprint density at radius 3 is 2.47 bits per heavy atom. The van der Waals surface area contributed by atoms with Gasteiger partial charge in [0.25, 0.3) is 0 Å². The van der Waals surface area contributed by atoms with Crippen LogP contribution in [0.4, 0.5) is 5.82 Å². The molecule has 0 radical (unpaired) electrons. The van der Waals surface area contributed by atoms with Gasteiger partial charge < -0.3 is 25.2 Å². The van der Waals surface area contributed by atoms with E-state index in [9.17, 15) is 0 Å². The molecule has 0 saturated carbocycles. The Kier molecular flexibility index (Phi) is 8.73. The first kappa shape index (κ1) is 23.9. The highest BCUT2D eigenvalue weighted by Crippen LogP contribution is 2.21. The van der Waals surface area contributed by atoms with Crippen LogP contribution in [0, 0.1) is 6.92 Å². The van der Waals surface area contributed by atoms with Gasteiger partial charge >= 0.3 is 0 Å². The maximum Gasteiger partial charge on any atom is 0.191 e. The van der Waals surface area contributed by atoms with E-state index in [2.05, 4.69) is 74.6 Å². The summed E-state index contributed by atoms with van der Waals surface area (Å²) in [5.74, 6) is 2.73. The number of nitrogens with one attached hydrogen (secondary N) is 2. The Bertz CT molecular complexity index is 873. The fourth-order valence-corrected chi connectivity index (χ4v) is 3.76. The van der Waals surface area contributed by atoms with Gasteiger partial charge in [0.15, 0.2) is 5.96 Å². The highest BCUT2D eigenvalue weighted by Gasteiger charge is 2.16. The monoisotopic (exact) mass is 438 g/mol. The molecule has 7 nitrogen and oxygen atoms in total. The minimum atomic E-state index is 0.138. The minimum absolute atomic E-state index is 0.138. The standard InChI is InChI=1S/C25H38N6O/c1-6-30-11-13-31(14-12-30)24-10-8-21(16-27-24)17-28-25(26-5)29-18-22-9-7-20(4)15-23(22)32-19(2)3/h7-10,15-16,19H,6,11-14,17-18H2,1-5H3,(H2,26,28,29). The number of guanidine groups is 1. The molecule has 0 amide bonds. The number of nitrogens with zero attached hydrogens (tertiary/aromatic N) is 4. The molecular formula is C25H38N6O. The molecule has 2 N–H and O–H groups in total. The molecule has 0 atom stereocenters. The van der Waals surface area contributed by atoms with Gasteiger partial charge in [-0.05, 0) is 50.6 Å². The van der Waals surface area contributed by atoms with Gasteiger partial charge in [-0.2, -0.15) is 0 Å². The van der Waals surface area contributed by atoms with Gasteiger partial charge in [-0.25, -0.2) is 4.98 Å². The smallest absolute Gasteiger partial charge is 0.191 e. The molecule has 0 spiro atoms. The number of pyridine rings is 1. The predicted molar refractivity (Wildman–Crippen MR) is 133 cm³/mol. The largest absolute Gasteiger partial charge is 0.491 e. The predicted octanol–water partition coefficient (Wildman–Crippen LogP) is 3.18. The number of benzene rings is 1. The first-order valence-corrected chi connectivity index (χ1v) is 11.6. The second-order valence-electron chi connectivity index (χ2n) is 8.50. The third kappa shape index (κ3) is 6.85. The van der Waals surface area contributed by atoms with Gasteiger partial charge in [-0.1, -0.05) is 25.1 Å². The minimum Gasteiger partial charge on any atom is -0.491 e. The van der Waals surface area contributed by atoms with Crippen molar-refractivity contribution in [3.05, 3.63) is 53.2 Å². The number of rotatable bonds is 8. The Morgan fingerprint density at radius 2 is 1.84 bits per heavy atom. The maximum atomic E-state index is 5.98. The summed E-state index contributed by atoms with van der Waals surface area (Å²) >= 11 is 0. The van der Waals surface area contributed by atoms with Crippen LogP contribution in [0.3, 0.4) is 0 Å². The van der Waals surface area contributed by atoms with E-state index in [1.165, 1.54) is 5.56 Å². The van der Waals surface area contributed by atoms with Gasteiger partial charge in [-0.3, -0.25) is 4.99 Å². The first-order chi connectivity index (χ1) is 15.5. The lowest BCUT2D eigenvalue weighted by Gasteiger charge is -2.34. The number of aromatic nitrogens is 1. The van der Waals surface area contributed by atoms with Crippen molar-refractivity contribution in [2.45, 2.75) is 46.9 Å². The second kappa shape index (κ2) is 11.7. The highest BCUT2D eigenvalue weighted by atomic mass is 16.5. The summed E-state index contributed by atoms with van der Waals surface area (Å²) in [5, 5.41) is 6.77. The average Bonchev–Trinajstić information content (AvgIpc) is 2.80. The lowest BCUT2D eigenvalue weighted by molar-refractivity contribution is 0.239. The number of anilines is 1. The lowest BCUT2D eigenvalue weighted by Crippen LogP contribution is -2.46. The number of aliphatic imine (C=N–C) groups is 1. The van der Waals surface area contributed by atoms with Crippen LogP contribution in [-0.4, -0.2) is 61.7 Å². The molecule has 0 bridgehead atoms. The molecule has 174 valence electrons. The highest BCUT2D eigenvalue weighted by molar-refractivity contribution is 5.79. The molecule has 1 aliphatic rings. The van der Waals surface area contributed by atoms with E-state index in [4.69, 9.17) is 4.74 Å². The number of piperazine rings is 1. The lowest BCUT2D eigenvalue weighted by atomic mass is 10.1. The molecule has 1 aromatic heterocycles. The van der Waals surface area contributed by atoms with Crippen LogP contribution >= 0.6 is 0 Å². The van der Waals surface area contributed by atoms with Crippen molar-refractivity contribution in [3.8, 4) is 5.75 Å². The van der Waals surface area contributed by atoms with E-state index < -0.39 is 0 Å². The molecule has 0 aliphatic carbocycles. The summed E-state index contributed by atoms with van der Waals surface area (Å²) in [6, 6.07) is 10.6. The fraction of sp³-hybridized carbons (Fsp3) is 0.520. The van der Waals surface area contributed by atoms with Crippen molar-refractivity contribution in [3.63, 3.8) is 0 Å². The number of hydrogen-bond donors (Lipinski definition) is 2. The Morgan fingerprint density at radius 1 is 1.09 bits per heavy atom. The fourth-order valence-electron chi connectivity index (χ4n) is 3.76. The molecule has 1 saturated heterocycles.